The summed E-state index contributed by atoms with van der Waals surface area (Å²) < 4.78 is 6.50. The van der Waals surface area contributed by atoms with Crippen LogP contribution in [0.15, 0.2) is 34.8 Å². The van der Waals surface area contributed by atoms with Gasteiger partial charge in [0.15, 0.2) is 0 Å². The van der Waals surface area contributed by atoms with Crippen LogP contribution in [-0.4, -0.2) is 12.2 Å². The fourth-order valence-corrected chi connectivity index (χ4v) is 3.08. The van der Waals surface area contributed by atoms with Crippen molar-refractivity contribution in [2.24, 2.45) is 0 Å². The molecule has 0 aliphatic heterocycles. The zero-order valence-corrected chi connectivity index (χ0v) is 13.8. The van der Waals surface area contributed by atoms with Crippen LogP contribution >= 0.6 is 15.9 Å². The molecule has 1 unspecified atom stereocenters. The fourth-order valence-electron chi connectivity index (χ4n) is 2.52. The number of hydrogen-bond donors (Lipinski definition) is 1. The van der Waals surface area contributed by atoms with E-state index in [1.54, 1.807) is 7.11 Å². The predicted octanol–water partition coefficient (Wildman–Crippen LogP) is 4.46. The van der Waals surface area contributed by atoms with Crippen LogP contribution in [0.25, 0.3) is 0 Å². The molecule has 0 amide bonds. The minimum absolute atomic E-state index is 0.692. The van der Waals surface area contributed by atoms with Gasteiger partial charge in [-0.3, -0.25) is 0 Å². The van der Waals surface area contributed by atoms with Gasteiger partial charge in [-0.1, -0.05) is 40.2 Å². The summed E-state index contributed by atoms with van der Waals surface area (Å²) in [6, 6.07) is 9.89. The molecule has 0 heterocycles. The van der Waals surface area contributed by atoms with E-state index in [2.05, 4.69) is 15.9 Å². The van der Waals surface area contributed by atoms with Crippen LogP contribution < -0.4 is 4.74 Å². The number of rotatable bonds is 3. The monoisotopic (exact) mass is 334 g/mol. The van der Waals surface area contributed by atoms with Crippen molar-refractivity contribution in [2.45, 2.75) is 26.9 Å². The Kier molecular flexibility index (Phi) is 4.51. The SMILES string of the molecule is COc1c(C)cc(Br)c(C)c1C(O)c1ccccc1C. The third kappa shape index (κ3) is 2.60. The molecule has 0 saturated carbocycles. The van der Waals surface area contributed by atoms with Crippen molar-refractivity contribution in [1.29, 1.82) is 0 Å². The first-order valence-electron chi connectivity index (χ1n) is 6.54. The normalized spacial score (nSPS) is 12.3. The highest BCUT2D eigenvalue weighted by Crippen LogP contribution is 2.39. The Hall–Kier alpha value is -1.32. The van der Waals surface area contributed by atoms with Gasteiger partial charge in [-0.05, 0) is 49.1 Å². The summed E-state index contributed by atoms with van der Waals surface area (Å²) >= 11 is 3.55. The molecule has 1 N–H and O–H groups in total. The lowest BCUT2D eigenvalue weighted by atomic mass is 9.92. The molecule has 2 nitrogen and oxygen atoms in total. The molecule has 3 heteroatoms. The van der Waals surface area contributed by atoms with Gasteiger partial charge in [-0.15, -0.1) is 0 Å². The van der Waals surface area contributed by atoms with Crippen molar-refractivity contribution in [3.05, 3.63) is 62.6 Å². The van der Waals surface area contributed by atoms with E-state index >= 15 is 0 Å². The standard InChI is InChI=1S/C17H19BrO2/c1-10-7-5-6-8-13(10)16(19)15-12(3)14(18)9-11(2)17(15)20-4/h5-9,16,19H,1-4H3. The Balaban J connectivity index is 2.66. The first-order chi connectivity index (χ1) is 9.47. The number of aliphatic hydroxyl groups is 1. The Morgan fingerprint density at radius 1 is 1.10 bits per heavy atom. The zero-order valence-electron chi connectivity index (χ0n) is 12.2. The van der Waals surface area contributed by atoms with E-state index in [1.165, 1.54) is 0 Å². The Labute approximate surface area is 128 Å². The summed E-state index contributed by atoms with van der Waals surface area (Å²) in [5, 5.41) is 10.8. The summed E-state index contributed by atoms with van der Waals surface area (Å²) in [4.78, 5) is 0. The van der Waals surface area contributed by atoms with E-state index in [1.807, 2.05) is 51.1 Å². The third-order valence-electron chi connectivity index (χ3n) is 3.67. The van der Waals surface area contributed by atoms with Crippen molar-refractivity contribution in [1.82, 2.24) is 0 Å². The lowest BCUT2D eigenvalue weighted by molar-refractivity contribution is 0.213. The van der Waals surface area contributed by atoms with Crippen molar-refractivity contribution in [3.8, 4) is 5.75 Å². The molecule has 0 aliphatic rings. The highest BCUT2D eigenvalue weighted by molar-refractivity contribution is 9.10. The summed E-state index contributed by atoms with van der Waals surface area (Å²) in [7, 11) is 1.64. The van der Waals surface area contributed by atoms with Crippen molar-refractivity contribution in [2.75, 3.05) is 7.11 Å². The predicted molar refractivity (Wildman–Crippen MR) is 85.4 cm³/mol. The van der Waals surface area contributed by atoms with Gasteiger partial charge in [0.05, 0.1) is 7.11 Å². The van der Waals surface area contributed by atoms with E-state index in [9.17, 15) is 5.11 Å². The van der Waals surface area contributed by atoms with E-state index in [-0.39, 0.29) is 0 Å². The fraction of sp³-hybridized carbons (Fsp3) is 0.294. The van der Waals surface area contributed by atoms with E-state index in [0.717, 1.165) is 38.0 Å². The first kappa shape index (κ1) is 15.1. The van der Waals surface area contributed by atoms with Gasteiger partial charge in [0.2, 0.25) is 0 Å². The lowest BCUT2D eigenvalue weighted by Crippen LogP contribution is -2.08. The summed E-state index contributed by atoms with van der Waals surface area (Å²) in [6.45, 7) is 5.98. The van der Waals surface area contributed by atoms with Crippen molar-refractivity contribution in [3.63, 3.8) is 0 Å². The first-order valence-corrected chi connectivity index (χ1v) is 7.33. The molecule has 0 aromatic heterocycles. The topological polar surface area (TPSA) is 29.5 Å². The minimum atomic E-state index is -0.692. The quantitative estimate of drug-likeness (QED) is 0.897. The molecule has 0 spiro atoms. The van der Waals surface area contributed by atoms with Gasteiger partial charge < -0.3 is 9.84 Å². The second-order valence-electron chi connectivity index (χ2n) is 5.01. The number of methoxy groups -OCH3 is 1. The van der Waals surface area contributed by atoms with E-state index < -0.39 is 6.10 Å². The third-order valence-corrected chi connectivity index (χ3v) is 4.49. The van der Waals surface area contributed by atoms with Crippen LogP contribution in [0.4, 0.5) is 0 Å². The highest BCUT2D eigenvalue weighted by atomic mass is 79.9. The molecule has 106 valence electrons. The average Bonchev–Trinajstić information content (AvgIpc) is 2.42. The molecule has 0 radical (unpaired) electrons. The van der Waals surface area contributed by atoms with Crippen LogP contribution in [0, 0.1) is 20.8 Å². The summed E-state index contributed by atoms with van der Waals surface area (Å²) in [5.41, 5.74) is 4.81. The van der Waals surface area contributed by atoms with Gasteiger partial charge in [0, 0.05) is 10.0 Å². The molecule has 0 aliphatic carbocycles. The maximum Gasteiger partial charge on any atom is 0.128 e. The molecule has 2 aromatic rings. The van der Waals surface area contributed by atoms with Crippen molar-refractivity contribution >= 4 is 15.9 Å². The Morgan fingerprint density at radius 2 is 1.75 bits per heavy atom. The smallest absolute Gasteiger partial charge is 0.128 e. The highest BCUT2D eigenvalue weighted by Gasteiger charge is 2.22. The molecular weight excluding hydrogens is 316 g/mol. The van der Waals surface area contributed by atoms with Crippen molar-refractivity contribution < 1.29 is 9.84 Å². The van der Waals surface area contributed by atoms with E-state index in [4.69, 9.17) is 4.74 Å². The van der Waals surface area contributed by atoms with Gasteiger partial charge in [-0.2, -0.15) is 0 Å². The number of halogens is 1. The maximum atomic E-state index is 10.8. The maximum absolute atomic E-state index is 10.8. The molecule has 2 rings (SSSR count). The lowest BCUT2D eigenvalue weighted by Gasteiger charge is -2.21. The number of aryl methyl sites for hydroxylation is 2. The number of hydrogen-bond acceptors (Lipinski definition) is 2. The van der Waals surface area contributed by atoms with E-state index in [0.29, 0.717) is 0 Å². The average molecular weight is 335 g/mol. The molecule has 0 fully saturated rings. The van der Waals surface area contributed by atoms with Gasteiger partial charge in [0.25, 0.3) is 0 Å². The summed E-state index contributed by atoms with van der Waals surface area (Å²) in [5.74, 6) is 0.751. The molecular formula is C17H19BrO2. The molecule has 1 atom stereocenters. The largest absolute Gasteiger partial charge is 0.496 e. The van der Waals surface area contributed by atoms with Gasteiger partial charge in [-0.25, -0.2) is 0 Å². The van der Waals surface area contributed by atoms with Gasteiger partial charge in [0.1, 0.15) is 11.9 Å². The number of aliphatic hydroxyl groups excluding tert-OH is 1. The van der Waals surface area contributed by atoms with Crippen LogP contribution in [0.1, 0.15) is 33.9 Å². The Morgan fingerprint density at radius 3 is 2.35 bits per heavy atom. The molecule has 0 saturated heterocycles. The zero-order chi connectivity index (χ0) is 14.9. The van der Waals surface area contributed by atoms with Crippen LogP contribution in [0.3, 0.4) is 0 Å². The number of benzene rings is 2. The minimum Gasteiger partial charge on any atom is -0.496 e. The summed E-state index contributed by atoms with van der Waals surface area (Å²) in [6.07, 6.45) is -0.692. The molecule has 20 heavy (non-hydrogen) atoms. The second kappa shape index (κ2) is 5.98. The molecule has 0 bridgehead atoms. The number of ether oxygens (including phenoxy) is 1. The van der Waals surface area contributed by atoms with Crippen LogP contribution in [0.5, 0.6) is 5.75 Å². The Bertz CT molecular complexity index is 635. The second-order valence-corrected chi connectivity index (χ2v) is 5.86. The van der Waals surface area contributed by atoms with Gasteiger partial charge >= 0.3 is 0 Å². The molecule has 2 aromatic carbocycles. The van der Waals surface area contributed by atoms with Crippen LogP contribution in [-0.2, 0) is 0 Å². The van der Waals surface area contributed by atoms with Crippen LogP contribution in [0.2, 0.25) is 0 Å².